The van der Waals surface area contributed by atoms with Gasteiger partial charge >= 0.3 is 0 Å². The third-order valence-corrected chi connectivity index (χ3v) is 4.39. The Morgan fingerprint density at radius 1 is 1.26 bits per heavy atom. The van der Waals surface area contributed by atoms with Crippen LogP contribution in [0.1, 0.15) is 23.7 Å². The van der Waals surface area contributed by atoms with E-state index in [9.17, 15) is 0 Å². The molecule has 0 saturated heterocycles. The number of hydrogen-bond donors (Lipinski definition) is 1. The first-order valence-corrected chi connectivity index (χ1v) is 8.36. The number of nitrogens with one attached hydrogen (secondary N) is 1. The van der Waals surface area contributed by atoms with Gasteiger partial charge in [-0.1, -0.05) is 13.0 Å². The standard InChI is InChI=1S/C16H24N2S/c1-5-17-11-14-6-7-16-15(10-14)12(2)13(3)18(16)8-9-19-4/h6-7,10,17H,5,8-9,11H2,1-4H3. The second-order valence-electron chi connectivity index (χ2n) is 4.99. The molecule has 1 aromatic heterocycles. The summed E-state index contributed by atoms with van der Waals surface area (Å²) in [6, 6.07) is 6.87. The third-order valence-electron chi connectivity index (χ3n) is 3.80. The molecular formula is C16H24N2S. The molecule has 19 heavy (non-hydrogen) atoms. The lowest BCUT2D eigenvalue weighted by Crippen LogP contribution is -2.11. The summed E-state index contributed by atoms with van der Waals surface area (Å²) >= 11 is 1.91. The lowest BCUT2D eigenvalue weighted by molar-refractivity contribution is 0.727. The minimum atomic E-state index is 0.959. The van der Waals surface area contributed by atoms with Crippen LogP contribution in [-0.2, 0) is 13.1 Å². The molecule has 0 bridgehead atoms. The fourth-order valence-corrected chi connectivity index (χ4v) is 2.91. The summed E-state index contributed by atoms with van der Waals surface area (Å²) in [5.74, 6) is 1.17. The molecule has 0 aliphatic rings. The van der Waals surface area contributed by atoms with Crippen LogP contribution in [0.25, 0.3) is 10.9 Å². The molecule has 0 radical (unpaired) electrons. The van der Waals surface area contributed by atoms with E-state index in [4.69, 9.17) is 0 Å². The lowest BCUT2D eigenvalue weighted by Gasteiger charge is -2.08. The van der Waals surface area contributed by atoms with Crippen molar-refractivity contribution in [1.82, 2.24) is 9.88 Å². The minimum absolute atomic E-state index is 0.959. The van der Waals surface area contributed by atoms with Crippen LogP contribution in [0, 0.1) is 13.8 Å². The van der Waals surface area contributed by atoms with Gasteiger partial charge in [-0.05, 0) is 49.9 Å². The van der Waals surface area contributed by atoms with Gasteiger partial charge in [0.15, 0.2) is 0 Å². The van der Waals surface area contributed by atoms with Crippen molar-refractivity contribution in [1.29, 1.82) is 0 Å². The van der Waals surface area contributed by atoms with Crippen molar-refractivity contribution in [3.63, 3.8) is 0 Å². The second kappa shape index (κ2) is 6.49. The molecule has 2 aromatic rings. The molecule has 0 amide bonds. The topological polar surface area (TPSA) is 17.0 Å². The van der Waals surface area contributed by atoms with Gasteiger partial charge in [-0.3, -0.25) is 0 Å². The largest absolute Gasteiger partial charge is 0.344 e. The highest BCUT2D eigenvalue weighted by atomic mass is 32.2. The van der Waals surface area contributed by atoms with Gasteiger partial charge in [0.2, 0.25) is 0 Å². The molecule has 0 unspecified atom stereocenters. The monoisotopic (exact) mass is 276 g/mol. The summed E-state index contributed by atoms with van der Waals surface area (Å²) in [5.41, 5.74) is 5.59. The zero-order chi connectivity index (χ0) is 13.8. The predicted molar refractivity (Wildman–Crippen MR) is 87.2 cm³/mol. The fourth-order valence-electron chi connectivity index (χ4n) is 2.55. The molecular weight excluding hydrogens is 252 g/mol. The summed E-state index contributed by atoms with van der Waals surface area (Å²) in [7, 11) is 0. The molecule has 0 fully saturated rings. The van der Waals surface area contributed by atoms with Crippen molar-refractivity contribution >= 4 is 22.7 Å². The van der Waals surface area contributed by atoms with Crippen LogP contribution in [0.15, 0.2) is 18.2 Å². The summed E-state index contributed by atoms with van der Waals surface area (Å²) in [5, 5.41) is 4.81. The summed E-state index contributed by atoms with van der Waals surface area (Å²) in [6.07, 6.45) is 2.17. The summed E-state index contributed by atoms with van der Waals surface area (Å²) in [4.78, 5) is 0. The number of fused-ring (bicyclic) bond motifs is 1. The van der Waals surface area contributed by atoms with Gasteiger partial charge in [0.05, 0.1) is 0 Å². The van der Waals surface area contributed by atoms with Gasteiger partial charge in [-0.25, -0.2) is 0 Å². The molecule has 0 aliphatic heterocycles. The van der Waals surface area contributed by atoms with E-state index in [1.165, 1.54) is 33.5 Å². The van der Waals surface area contributed by atoms with E-state index in [1.54, 1.807) is 0 Å². The Morgan fingerprint density at radius 3 is 2.74 bits per heavy atom. The van der Waals surface area contributed by atoms with E-state index in [2.05, 4.69) is 55.1 Å². The van der Waals surface area contributed by atoms with Crippen molar-refractivity contribution in [3.05, 3.63) is 35.0 Å². The number of thioether (sulfide) groups is 1. The quantitative estimate of drug-likeness (QED) is 0.866. The van der Waals surface area contributed by atoms with Gasteiger partial charge in [0.25, 0.3) is 0 Å². The van der Waals surface area contributed by atoms with Gasteiger partial charge in [-0.2, -0.15) is 11.8 Å². The first-order valence-electron chi connectivity index (χ1n) is 6.97. The van der Waals surface area contributed by atoms with E-state index in [-0.39, 0.29) is 0 Å². The highest BCUT2D eigenvalue weighted by Gasteiger charge is 2.10. The maximum Gasteiger partial charge on any atom is 0.0485 e. The number of aromatic nitrogens is 1. The van der Waals surface area contributed by atoms with Gasteiger partial charge in [-0.15, -0.1) is 0 Å². The molecule has 1 N–H and O–H groups in total. The summed E-state index contributed by atoms with van der Waals surface area (Å²) < 4.78 is 2.46. The zero-order valence-corrected chi connectivity index (χ0v) is 13.2. The number of benzene rings is 1. The lowest BCUT2D eigenvalue weighted by atomic mass is 10.1. The van der Waals surface area contributed by atoms with Crippen LogP contribution in [0.2, 0.25) is 0 Å². The predicted octanol–water partition coefficient (Wildman–Crippen LogP) is 3.73. The average Bonchev–Trinajstić information content (AvgIpc) is 2.67. The van der Waals surface area contributed by atoms with Gasteiger partial charge in [0, 0.05) is 35.4 Å². The summed E-state index contributed by atoms with van der Waals surface area (Å²) in [6.45, 7) is 9.70. The molecule has 0 atom stereocenters. The first kappa shape index (κ1) is 14.5. The van der Waals surface area contributed by atoms with Crippen molar-refractivity contribution in [2.45, 2.75) is 33.9 Å². The van der Waals surface area contributed by atoms with Crippen molar-refractivity contribution in [2.24, 2.45) is 0 Å². The Labute approximate surface area is 120 Å². The van der Waals surface area contributed by atoms with Crippen molar-refractivity contribution < 1.29 is 0 Å². The van der Waals surface area contributed by atoms with Crippen LogP contribution in [0.5, 0.6) is 0 Å². The van der Waals surface area contributed by atoms with E-state index in [0.717, 1.165) is 19.6 Å². The van der Waals surface area contributed by atoms with Gasteiger partial charge < -0.3 is 9.88 Å². The molecule has 3 heteroatoms. The molecule has 1 heterocycles. The Hall–Kier alpha value is -0.930. The first-order chi connectivity index (χ1) is 9.19. The minimum Gasteiger partial charge on any atom is -0.344 e. The van der Waals surface area contributed by atoms with E-state index in [0.29, 0.717) is 0 Å². The number of nitrogens with zero attached hydrogens (tertiary/aromatic N) is 1. The molecule has 0 spiro atoms. The number of rotatable bonds is 6. The smallest absolute Gasteiger partial charge is 0.0485 e. The Balaban J connectivity index is 2.40. The second-order valence-corrected chi connectivity index (χ2v) is 5.97. The molecule has 0 saturated carbocycles. The average molecular weight is 276 g/mol. The maximum atomic E-state index is 3.39. The normalized spacial score (nSPS) is 11.4. The number of aryl methyl sites for hydroxylation is 2. The maximum absolute atomic E-state index is 3.39. The number of hydrogen-bond acceptors (Lipinski definition) is 2. The Bertz CT molecular complexity index is 557. The van der Waals surface area contributed by atoms with Crippen LogP contribution >= 0.6 is 11.8 Å². The molecule has 2 nitrogen and oxygen atoms in total. The fraction of sp³-hybridized carbons (Fsp3) is 0.500. The van der Waals surface area contributed by atoms with Crippen molar-refractivity contribution in [2.75, 3.05) is 18.6 Å². The Morgan fingerprint density at radius 2 is 2.05 bits per heavy atom. The molecule has 1 aromatic carbocycles. The molecule has 2 rings (SSSR count). The van der Waals surface area contributed by atoms with Crippen LogP contribution in [0.4, 0.5) is 0 Å². The van der Waals surface area contributed by atoms with Crippen LogP contribution in [0.3, 0.4) is 0 Å². The highest BCUT2D eigenvalue weighted by molar-refractivity contribution is 7.98. The van der Waals surface area contributed by atoms with Crippen LogP contribution < -0.4 is 5.32 Å². The van der Waals surface area contributed by atoms with E-state index in [1.807, 2.05) is 11.8 Å². The molecule has 0 aliphatic carbocycles. The van der Waals surface area contributed by atoms with Crippen molar-refractivity contribution in [3.8, 4) is 0 Å². The highest BCUT2D eigenvalue weighted by Crippen LogP contribution is 2.26. The third kappa shape index (κ3) is 2.98. The zero-order valence-electron chi connectivity index (χ0n) is 12.4. The SMILES string of the molecule is CCNCc1ccc2c(c1)c(C)c(C)n2CCSC. The van der Waals surface area contributed by atoms with E-state index >= 15 is 0 Å². The molecule has 104 valence electrons. The van der Waals surface area contributed by atoms with Gasteiger partial charge in [0.1, 0.15) is 0 Å². The van der Waals surface area contributed by atoms with E-state index < -0.39 is 0 Å². The Kier molecular flexibility index (Phi) is 4.94. The van der Waals surface area contributed by atoms with Crippen LogP contribution in [-0.4, -0.2) is 23.1 Å².